The van der Waals surface area contributed by atoms with E-state index in [1.54, 1.807) is 0 Å². The summed E-state index contributed by atoms with van der Waals surface area (Å²) in [6, 6.07) is 43.5. The molecule has 12 nitrogen and oxygen atoms in total. The van der Waals surface area contributed by atoms with Gasteiger partial charge in [-0.3, -0.25) is 0 Å². The Kier molecular flexibility index (Phi) is 16.7. The molecule has 8 unspecified atom stereocenters. The van der Waals surface area contributed by atoms with Crippen LogP contribution in [0.4, 0.5) is 0 Å². The van der Waals surface area contributed by atoms with Crippen LogP contribution in [0.25, 0.3) is 0 Å². The van der Waals surface area contributed by atoms with Crippen LogP contribution < -0.4 is 28.4 Å². The Hall–Kier alpha value is -6.12. The molecule has 6 aromatic rings. The summed E-state index contributed by atoms with van der Waals surface area (Å²) in [5, 5.41) is 0. The molecule has 0 N–H and O–H groups in total. The third-order valence-corrected chi connectivity index (χ3v) is 16.2. The van der Waals surface area contributed by atoms with Crippen molar-refractivity contribution in [1.82, 2.24) is 0 Å². The van der Waals surface area contributed by atoms with Crippen molar-refractivity contribution in [2.75, 3.05) is 72.7 Å². The van der Waals surface area contributed by atoms with Gasteiger partial charge in [0.05, 0.1) is 45.7 Å². The van der Waals surface area contributed by atoms with Crippen molar-refractivity contribution >= 4 is 0 Å². The van der Waals surface area contributed by atoms with Crippen LogP contribution >= 0.6 is 0 Å². The zero-order valence-corrected chi connectivity index (χ0v) is 46.1. The van der Waals surface area contributed by atoms with E-state index < -0.39 is 0 Å². The molecule has 12 heteroatoms. The Bertz CT molecular complexity index is 2950. The molecule has 79 heavy (non-hydrogen) atoms. The molecular weight excluding hydrogens is 997 g/mol. The van der Waals surface area contributed by atoms with Crippen molar-refractivity contribution in [3.05, 3.63) is 177 Å². The standard InChI is InChI=1S/C67H76O12/c1-4-49(29-51-26-47(12-23-65(51)78-42-61-40-76-61)24-44-6-15-53(16-7-44)69-34-58-37-73-58)63-28-48(25-45-8-17-54(18-9-45)70-35-59-38-74-59)27-52(66(63)79-43-62-41-77-62)31-67(3,5-2)64-30-56(21-13-50(64)14-22-57-33-72-57)68-32-46-10-19-55(20-11-46)71-36-60-39-75-60/h6-13,15-21,23,26-28,30,49,57-62H,4-5,14,22,24-25,29,31-43H2,1-3H3. The zero-order valence-electron chi connectivity index (χ0n) is 46.1. The molecule has 416 valence electrons. The maximum absolute atomic E-state index is 7.17. The van der Waals surface area contributed by atoms with E-state index in [2.05, 4.69) is 130 Å². The fraction of sp³-hybridized carbons (Fsp3) is 0.463. The molecule has 6 saturated heterocycles. The maximum atomic E-state index is 7.17. The minimum Gasteiger partial charge on any atom is -0.491 e. The number of hydrogen-bond donors (Lipinski definition) is 0. The molecule has 0 aromatic heterocycles. The second kappa shape index (κ2) is 24.7. The molecular formula is C67H76O12. The molecule has 6 aromatic carbocycles. The van der Waals surface area contributed by atoms with Crippen LogP contribution in [0.2, 0.25) is 0 Å². The smallest absolute Gasteiger partial charge is 0.126 e. The summed E-state index contributed by atoms with van der Waals surface area (Å²) < 4.78 is 71.7. The van der Waals surface area contributed by atoms with Gasteiger partial charge in [-0.2, -0.15) is 0 Å². The highest BCUT2D eigenvalue weighted by Gasteiger charge is 2.34. The van der Waals surface area contributed by atoms with Crippen LogP contribution in [-0.4, -0.2) is 109 Å². The van der Waals surface area contributed by atoms with Crippen molar-refractivity contribution in [3.63, 3.8) is 0 Å². The first kappa shape index (κ1) is 53.5. The normalized spacial score (nSPS) is 22.3. The number of benzene rings is 6. The third-order valence-electron chi connectivity index (χ3n) is 16.2. The Labute approximate surface area is 465 Å². The SMILES string of the molecule is CCC(Cc1cc(Cc2ccc(OCC3CO3)cc2)ccc1OCC1CO1)c1cc(Cc2ccc(OCC3CO3)cc2)cc(CC(C)(CC)c2cc(OCc3ccc(OCC4CO4)cc3)ccc2CCC2CO2)c1OCC1CO1. The van der Waals surface area contributed by atoms with Crippen LogP contribution in [0.15, 0.2) is 121 Å². The van der Waals surface area contributed by atoms with Crippen molar-refractivity contribution in [3.8, 4) is 34.5 Å². The third kappa shape index (κ3) is 15.4. The van der Waals surface area contributed by atoms with Crippen LogP contribution in [-0.2, 0) is 72.5 Å². The van der Waals surface area contributed by atoms with Gasteiger partial charge in [0.15, 0.2) is 0 Å². The number of hydrogen-bond acceptors (Lipinski definition) is 12. The number of aryl methyl sites for hydroxylation is 1. The predicted molar refractivity (Wildman–Crippen MR) is 301 cm³/mol. The van der Waals surface area contributed by atoms with Crippen LogP contribution in [0.1, 0.15) is 102 Å². The van der Waals surface area contributed by atoms with Gasteiger partial charge in [0, 0.05) is 0 Å². The summed E-state index contributed by atoms with van der Waals surface area (Å²) in [5.74, 6) is 5.38. The van der Waals surface area contributed by atoms with Gasteiger partial charge >= 0.3 is 0 Å². The van der Waals surface area contributed by atoms with Gasteiger partial charge in [-0.25, -0.2) is 0 Å². The minimum atomic E-state index is -0.296. The summed E-state index contributed by atoms with van der Waals surface area (Å²) >= 11 is 0. The average Bonchev–Trinajstić information content (AvgIpc) is 4.30. The monoisotopic (exact) mass is 1070 g/mol. The average molecular weight is 1070 g/mol. The molecule has 0 amide bonds. The minimum absolute atomic E-state index is 0.0746. The first-order chi connectivity index (χ1) is 38.8. The Morgan fingerprint density at radius 1 is 0.456 bits per heavy atom. The Balaban J connectivity index is 0.875. The second-order valence-corrected chi connectivity index (χ2v) is 22.7. The van der Waals surface area contributed by atoms with Crippen LogP contribution in [0.5, 0.6) is 34.5 Å². The van der Waals surface area contributed by atoms with E-state index >= 15 is 0 Å². The first-order valence-corrected chi connectivity index (χ1v) is 28.9. The molecule has 6 fully saturated rings. The first-order valence-electron chi connectivity index (χ1n) is 28.9. The molecule has 6 heterocycles. The molecule has 12 rings (SSSR count). The summed E-state index contributed by atoms with van der Waals surface area (Å²) in [6.45, 7) is 14.9. The number of epoxide rings is 6. The maximum Gasteiger partial charge on any atom is 0.126 e. The fourth-order valence-corrected chi connectivity index (χ4v) is 10.6. The second-order valence-electron chi connectivity index (χ2n) is 22.7. The van der Waals surface area contributed by atoms with E-state index in [1.165, 1.54) is 50.1 Å². The summed E-state index contributed by atoms with van der Waals surface area (Å²) in [5.41, 5.74) is 11.9. The Morgan fingerprint density at radius 2 is 0.937 bits per heavy atom. The van der Waals surface area contributed by atoms with Crippen molar-refractivity contribution < 1.29 is 56.8 Å². The van der Waals surface area contributed by atoms with E-state index in [-0.39, 0.29) is 41.9 Å². The predicted octanol–water partition coefficient (Wildman–Crippen LogP) is 11.3. The highest BCUT2D eigenvalue weighted by atomic mass is 16.6. The topological polar surface area (TPSA) is 131 Å². The van der Waals surface area contributed by atoms with Gasteiger partial charge in [0.1, 0.15) is 105 Å². The lowest BCUT2D eigenvalue weighted by molar-refractivity contribution is 0.255. The van der Waals surface area contributed by atoms with Crippen molar-refractivity contribution in [2.45, 2.75) is 127 Å². The van der Waals surface area contributed by atoms with Gasteiger partial charge in [-0.1, -0.05) is 87.5 Å². The lowest BCUT2D eigenvalue weighted by Crippen LogP contribution is -2.27. The molecule has 8 atom stereocenters. The molecule has 6 aliphatic rings. The van der Waals surface area contributed by atoms with Gasteiger partial charge in [-0.15, -0.1) is 0 Å². The van der Waals surface area contributed by atoms with Crippen molar-refractivity contribution in [1.29, 1.82) is 0 Å². The largest absolute Gasteiger partial charge is 0.491 e. The van der Waals surface area contributed by atoms with E-state index in [0.717, 1.165) is 124 Å². The molecule has 0 aliphatic carbocycles. The van der Waals surface area contributed by atoms with E-state index in [0.29, 0.717) is 52.4 Å². The molecule has 0 saturated carbocycles. The van der Waals surface area contributed by atoms with E-state index in [9.17, 15) is 0 Å². The highest BCUT2D eigenvalue weighted by molar-refractivity contribution is 5.52. The number of rotatable bonds is 33. The molecule has 0 radical (unpaired) electrons. The van der Waals surface area contributed by atoms with Gasteiger partial charge < -0.3 is 56.8 Å². The van der Waals surface area contributed by atoms with Gasteiger partial charge in [0.2, 0.25) is 0 Å². The van der Waals surface area contributed by atoms with E-state index in [4.69, 9.17) is 56.8 Å². The lowest BCUT2D eigenvalue weighted by atomic mass is 9.72. The number of ether oxygens (including phenoxy) is 12. The highest BCUT2D eigenvalue weighted by Crippen LogP contribution is 2.44. The quantitative estimate of drug-likeness (QED) is 0.0364. The van der Waals surface area contributed by atoms with Crippen LogP contribution in [0, 0.1) is 0 Å². The van der Waals surface area contributed by atoms with Gasteiger partial charge in [-0.05, 0) is 173 Å². The summed E-state index contributed by atoms with van der Waals surface area (Å²) in [4.78, 5) is 0. The Morgan fingerprint density at radius 3 is 1.47 bits per heavy atom. The van der Waals surface area contributed by atoms with Gasteiger partial charge in [0.25, 0.3) is 0 Å². The summed E-state index contributed by atoms with van der Waals surface area (Å²) in [6.07, 6.45) is 7.89. The fourth-order valence-electron chi connectivity index (χ4n) is 10.6. The van der Waals surface area contributed by atoms with E-state index in [1.807, 2.05) is 12.1 Å². The summed E-state index contributed by atoms with van der Waals surface area (Å²) in [7, 11) is 0. The molecule has 6 aliphatic heterocycles. The van der Waals surface area contributed by atoms with Crippen LogP contribution in [0.3, 0.4) is 0 Å². The lowest BCUT2D eigenvalue weighted by Gasteiger charge is -2.34. The molecule has 0 bridgehead atoms. The zero-order chi connectivity index (χ0) is 53.5. The van der Waals surface area contributed by atoms with Crippen molar-refractivity contribution in [2.24, 2.45) is 0 Å². The molecule has 0 spiro atoms.